The molecule has 1 rings (SSSR count). The Morgan fingerprint density at radius 3 is 2.93 bits per heavy atom. The Morgan fingerprint density at radius 2 is 2.36 bits per heavy atom. The highest BCUT2D eigenvalue weighted by molar-refractivity contribution is 5.38. The van der Waals surface area contributed by atoms with Gasteiger partial charge in [0.1, 0.15) is 5.82 Å². The fourth-order valence-electron chi connectivity index (χ4n) is 0.855. The molecule has 1 N–H and O–H groups in total. The third-order valence-corrected chi connectivity index (χ3v) is 1.61. The van der Waals surface area contributed by atoms with Gasteiger partial charge in [0.25, 0.3) is 5.70 Å². The average Bonchev–Trinajstić information content (AvgIpc) is 2.14. The summed E-state index contributed by atoms with van der Waals surface area (Å²) in [6, 6.07) is 5.44. The van der Waals surface area contributed by atoms with Gasteiger partial charge in [-0.1, -0.05) is 6.07 Å². The first-order valence-electron chi connectivity index (χ1n) is 4.11. The lowest BCUT2D eigenvalue weighted by Gasteiger charge is -1.99. The summed E-state index contributed by atoms with van der Waals surface area (Å²) in [5, 5.41) is 13.0. The summed E-state index contributed by atoms with van der Waals surface area (Å²) in [6.07, 6.45) is 1.32. The molecule has 0 aliphatic rings. The second kappa shape index (κ2) is 4.36. The van der Waals surface area contributed by atoms with Crippen LogP contribution in [0, 0.1) is 17.0 Å². The zero-order valence-corrected chi connectivity index (χ0v) is 8.02. The molecule has 1 aromatic rings. The number of hydrogen-bond donors (Lipinski definition) is 1. The predicted octanol–water partition coefficient (Wildman–Crippen LogP) is 1.94. The van der Waals surface area contributed by atoms with Gasteiger partial charge in [-0.05, 0) is 19.1 Å². The van der Waals surface area contributed by atoms with E-state index in [0.29, 0.717) is 5.82 Å². The molecule has 74 valence electrons. The van der Waals surface area contributed by atoms with E-state index in [9.17, 15) is 10.1 Å². The lowest BCUT2D eigenvalue weighted by Crippen LogP contribution is -1.99. The lowest BCUT2D eigenvalue weighted by atomic mass is 10.4. The summed E-state index contributed by atoms with van der Waals surface area (Å²) in [6.45, 7) is 3.28. The number of rotatable bonds is 3. The highest BCUT2D eigenvalue weighted by Gasteiger charge is 2.00. The van der Waals surface area contributed by atoms with E-state index in [4.69, 9.17) is 0 Å². The third-order valence-electron chi connectivity index (χ3n) is 1.61. The number of hydrogen-bond acceptors (Lipinski definition) is 4. The molecule has 0 bridgehead atoms. The Kier molecular flexibility index (Phi) is 3.17. The first-order valence-corrected chi connectivity index (χ1v) is 4.11. The molecule has 0 spiro atoms. The molecule has 0 atom stereocenters. The van der Waals surface area contributed by atoms with Gasteiger partial charge in [-0.15, -0.1) is 0 Å². The monoisotopic (exact) mass is 193 g/mol. The van der Waals surface area contributed by atoms with Crippen molar-refractivity contribution >= 4 is 5.82 Å². The maximum atomic E-state index is 10.3. The maximum Gasteiger partial charge on any atom is 0.259 e. The molecule has 1 heterocycles. The van der Waals surface area contributed by atoms with Crippen LogP contribution in [0.15, 0.2) is 30.1 Å². The third kappa shape index (κ3) is 2.85. The highest BCUT2D eigenvalue weighted by Crippen LogP contribution is 2.04. The minimum absolute atomic E-state index is 0.0494. The normalized spacial score (nSPS) is 11.1. The Bertz CT molecular complexity index is 374. The van der Waals surface area contributed by atoms with Gasteiger partial charge in [0.2, 0.25) is 0 Å². The molecule has 0 fully saturated rings. The first kappa shape index (κ1) is 10.2. The van der Waals surface area contributed by atoms with E-state index in [-0.39, 0.29) is 5.70 Å². The van der Waals surface area contributed by atoms with Gasteiger partial charge >= 0.3 is 0 Å². The molecule has 0 aliphatic carbocycles. The van der Waals surface area contributed by atoms with Crippen LogP contribution in [-0.2, 0) is 0 Å². The molecule has 1 aromatic heterocycles. The topological polar surface area (TPSA) is 68.1 Å². The van der Waals surface area contributed by atoms with Crippen molar-refractivity contribution in [1.82, 2.24) is 4.98 Å². The van der Waals surface area contributed by atoms with Crippen LogP contribution in [-0.4, -0.2) is 9.91 Å². The van der Waals surface area contributed by atoms with Crippen molar-refractivity contribution in [3.05, 3.63) is 45.9 Å². The fourth-order valence-corrected chi connectivity index (χ4v) is 0.855. The van der Waals surface area contributed by atoms with Crippen molar-refractivity contribution in [3.63, 3.8) is 0 Å². The largest absolute Gasteiger partial charge is 0.341 e. The van der Waals surface area contributed by atoms with Crippen molar-refractivity contribution < 1.29 is 4.92 Å². The summed E-state index contributed by atoms with van der Waals surface area (Å²) in [5.41, 5.74) is 0.912. The molecule has 14 heavy (non-hydrogen) atoms. The summed E-state index contributed by atoms with van der Waals surface area (Å²) >= 11 is 0. The Hall–Kier alpha value is -1.91. The number of anilines is 1. The molecule has 0 aromatic carbocycles. The van der Waals surface area contributed by atoms with E-state index < -0.39 is 4.92 Å². The van der Waals surface area contributed by atoms with Crippen molar-refractivity contribution in [2.24, 2.45) is 0 Å². The zero-order valence-electron chi connectivity index (χ0n) is 8.02. The zero-order chi connectivity index (χ0) is 10.6. The number of nitrogens with zero attached hydrogens (tertiary/aromatic N) is 2. The standard InChI is InChI=1S/C9H11N3O2/c1-7-4-3-5-9(11-7)10-6-8(2)12(13)14/h3-6H,1-2H3,(H,10,11)/b8-6-. The van der Waals surface area contributed by atoms with Gasteiger partial charge in [-0.25, -0.2) is 4.98 Å². The fraction of sp³-hybridized carbons (Fsp3) is 0.222. The van der Waals surface area contributed by atoms with Gasteiger partial charge in [-0.2, -0.15) is 0 Å². The van der Waals surface area contributed by atoms with Crippen LogP contribution >= 0.6 is 0 Å². The minimum atomic E-state index is -0.456. The Morgan fingerprint density at radius 1 is 1.64 bits per heavy atom. The molecule has 0 unspecified atom stereocenters. The van der Waals surface area contributed by atoms with Gasteiger partial charge < -0.3 is 5.32 Å². The summed E-state index contributed by atoms with van der Waals surface area (Å²) in [5.74, 6) is 0.603. The van der Waals surface area contributed by atoms with Gasteiger partial charge in [-0.3, -0.25) is 10.1 Å². The second-order valence-electron chi connectivity index (χ2n) is 2.85. The summed E-state index contributed by atoms with van der Waals surface area (Å²) in [4.78, 5) is 13.9. The van der Waals surface area contributed by atoms with Crippen molar-refractivity contribution in [2.45, 2.75) is 13.8 Å². The van der Waals surface area contributed by atoms with Gasteiger partial charge in [0, 0.05) is 12.6 Å². The molecular weight excluding hydrogens is 182 g/mol. The van der Waals surface area contributed by atoms with E-state index in [0.717, 1.165) is 5.69 Å². The Balaban J connectivity index is 2.71. The first-order chi connectivity index (χ1) is 6.59. The molecular formula is C9H11N3O2. The van der Waals surface area contributed by atoms with Crippen LogP contribution in [0.4, 0.5) is 5.82 Å². The predicted molar refractivity (Wildman–Crippen MR) is 53.3 cm³/mol. The number of allylic oxidation sites excluding steroid dienone is 1. The number of nitrogens with one attached hydrogen (secondary N) is 1. The van der Waals surface area contributed by atoms with E-state index in [1.807, 2.05) is 19.1 Å². The van der Waals surface area contributed by atoms with Crippen molar-refractivity contribution in [3.8, 4) is 0 Å². The van der Waals surface area contributed by atoms with Crippen LogP contribution in [0.3, 0.4) is 0 Å². The number of aryl methyl sites for hydroxylation is 1. The van der Waals surface area contributed by atoms with E-state index in [2.05, 4.69) is 10.3 Å². The van der Waals surface area contributed by atoms with Crippen LogP contribution in [0.2, 0.25) is 0 Å². The van der Waals surface area contributed by atoms with Crippen molar-refractivity contribution in [2.75, 3.05) is 5.32 Å². The molecule has 0 saturated heterocycles. The highest BCUT2D eigenvalue weighted by atomic mass is 16.6. The molecule has 0 radical (unpaired) electrons. The molecule has 0 aliphatic heterocycles. The quantitative estimate of drug-likeness (QED) is 0.588. The van der Waals surface area contributed by atoms with Crippen LogP contribution in [0.5, 0.6) is 0 Å². The van der Waals surface area contributed by atoms with Crippen LogP contribution in [0.25, 0.3) is 0 Å². The van der Waals surface area contributed by atoms with Gasteiger partial charge in [0.05, 0.1) is 11.1 Å². The van der Waals surface area contributed by atoms with E-state index >= 15 is 0 Å². The van der Waals surface area contributed by atoms with Gasteiger partial charge in [0.15, 0.2) is 0 Å². The Labute approximate surface area is 81.6 Å². The number of nitro groups is 1. The van der Waals surface area contributed by atoms with E-state index in [1.54, 1.807) is 6.07 Å². The smallest absolute Gasteiger partial charge is 0.259 e. The average molecular weight is 193 g/mol. The number of aromatic nitrogens is 1. The lowest BCUT2D eigenvalue weighted by molar-refractivity contribution is -0.424. The van der Waals surface area contributed by atoms with Crippen LogP contribution in [0.1, 0.15) is 12.6 Å². The number of pyridine rings is 1. The van der Waals surface area contributed by atoms with E-state index in [1.165, 1.54) is 13.1 Å². The molecule has 0 amide bonds. The molecule has 5 nitrogen and oxygen atoms in total. The second-order valence-corrected chi connectivity index (χ2v) is 2.85. The van der Waals surface area contributed by atoms with Crippen LogP contribution < -0.4 is 5.32 Å². The summed E-state index contributed by atoms with van der Waals surface area (Å²) < 4.78 is 0. The minimum Gasteiger partial charge on any atom is -0.341 e. The summed E-state index contributed by atoms with van der Waals surface area (Å²) in [7, 11) is 0. The molecule has 0 saturated carbocycles. The van der Waals surface area contributed by atoms with Crippen molar-refractivity contribution in [1.29, 1.82) is 0 Å². The SMILES string of the molecule is C/C(=C/Nc1cccc(C)n1)[N+](=O)[O-]. The maximum absolute atomic E-state index is 10.3. The molecule has 5 heteroatoms.